The summed E-state index contributed by atoms with van der Waals surface area (Å²) in [4.78, 5) is 0. The molecule has 2 heteroatoms. The summed E-state index contributed by atoms with van der Waals surface area (Å²) < 4.78 is 0. The summed E-state index contributed by atoms with van der Waals surface area (Å²) in [7, 11) is 0. The predicted octanol–water partition coefficient (Wildman–Crippen LogP) is 4.60. The first-order chi connectivity index (χ1) is 9.79. The van der Waals surface area contributed by atoms with Gasteiger partial charge in [-0.25, -0.2) is 0 Å². The zero-order valence-electron chi connectivity index (χ0n) is 12.6. The lowest BCUT2D eigenvalue weighted by Crippen LogP contribution is -2.30. The Morgan fingerprint density at radius 2 is 1.90 bits per heavy atom. The van der Waals surface area contributed by atoms with E-state index in [1.165, 1.54) is 42.4 Å². The highest BCUT2D eigenvalue weighted by Crippen LogP contribution is 2.15. The lowest BCUT2D eigenvalue weighted by atomic mass is 9.98. The maximum absolute atomic E-state index is 3.64. The molecule has 1 atom stereocenters. The van der Waals surface area contributed by atoms with Crippen LogP contribution in [0.4, 0.5) is 0 Å². The number of aryl methyl sites for hydroxylation is 3. The highest BCUT2D eigenvalue weighted by molar-refractivity contribution is 7.07. The van der Waals surface area contributed by atoms with Crippen molar-refractivity contribution in [2.45, 2.75) is 45.6 Å². The van der Waals surface area contributed by atoms with E-state index in [-0.39, 0.29) is 0 Å². The van der Waals surface area contributed by atoms with Gasteiger partial charge in [-0.1, -0.05) is 31.2 Å². The minimum Gasteiger partial charge on any atom is -0.314 e. The Hall–Kier alpha value is -1.12. The van der Waals surface area contributed by atoms with E-state index >= 15 is 0 Å². The van der Waals surface area contributed by atoms with Crippen LogP contribution in [0.5, 0.6) is 0 Å². The molecular formula is C18H25NS. The highest BCUT2D eigenvalue weighted by Gasteiger charge is 2.09. The van der Waals surface area contributed by atoms with E-state index < -0.39 is 0 Å². The third kappa shape index (κ3) is 4.77. The Morgan fingerprint density at radius 3 is 2.60 bits per heavy atom. The fraction of sp³-hybridized carbons (Fsp3) is 0.444. The molecule has 0 aliphatic carbocycles. The molecule has 1 N–H and O–H groups in total. The van der Waals surface area contributed by atoms with Gasteiger partial charge in [-0.15, -0.1) is 0 Å². The van der Waals surface area contributed by atoms with Gasteiger partial charge >= 0.3 is 0 Å². The monoisotopic (exact) mass is 287 g/mol. The van der Waals surface area contributed by atoms with Crippen molar-refractivity contribution in [2.24, 2.45) is 0 Å². The molecule has 1 nitrogen and oxygen atoms in total. The lowest BCUT2D eigenvalue weighted by Gasteiger charge is -2.18. The predicted molar refractivity (Wildman–Crippen MR) is 89.6 cm³/mol. The minimum atomic E-state index is 0.625. The standard InChI is InChI=1S/C18H25NS/c1-3-19-18(10-8-16-12-13-20-14-16)11-9-17-7-5-4-6-15(17)2/h4-7,12-14,18-19H,3,8-11H2,1-2H3. The van der Waals surface area contributed by atoms with Crippen LogP contribution in [0.25, 0.3) is 0 Å². The second-order valence-electron chi connectivity index (χ2n) is 5.39. The summed E-state index contributed by atoms with van der Waals surface area (Å²) in [5, 5.41) is 8.08. The van der Waals surface area contributed by atoms with Gasteiger partial charge in [0.2, 0.25) is 0 Å². The van der Waals surface area contributed by atoms with E-state index in [4.69, 9.17) is 0 Å². The molecule has 0 fully saturated rings. The molecule has 0 saturated heterocycles. The maximum Gasteiger partial charge on any atom is 0.00732 e. The highest BCUT2D eigenvalue weighted by atomic mass is 32.1. The van der Waals surface area contributed by atoms with Crippen LogP contribution in [0.2, 0.25) is 0 Å². The molecule has 1 unspecified atom stereocenters. The zero-order chi connectivity index (χ0) is 14.2. The second-order valence-corrected chi connectivity index (χ2v) is 6.17. The lowest BCUT2D eigenvalue weighted by molar-refractivity contribution is 0.464. The molecule has 0 bridgehead atoms. The van der Waals surface area contributed by atoms with E-state index in [2.05, 4.69) is 60.3 Å². The number of rotatable bonds is 8. The quantitative estimate of drug-likeness (QED) is 0.748. The van der Waals surface area contributed by atoms with Crippen LogP contribution >= 0.6 is 11.3 Å². The van der Waals surface area contributed by atoms with E-state index in [0.29, 0.717) is 6.04 Å². The SMILES string of the molecule is CCNC(CCc1ccsc1)CCc1ccccc1C. The first-order valence-electron chi connectivity index (χ1n) is 7.58. The average Bonchev–Trinajstić information content (AvgIpc) is 2.97. The van der Waals surface area contributed by atoms with Crippen LogP contribution in [-0.2, 0) is 12.8 Å². The summed E-state index contributed by atoms with van der Waals surface area (Å²) in [6.07, 6.45) is 4.82. The molecule has 0 spiro atoms. The van der Waals surface area contributed by atoms with Gasteiger partial charge in [0.15, 0.2) is 0 Å². The van der Waals surface area contributed by atoms with Gasteiger partial charge in [-0.05, 0) is 72.7 Å². The molecule has 1 aromatic carbocycles. The first kappa shape index (κ1) is 15.3. The second kappa shape index (κ2) is 8.23. The van der Waals surface area contributed by atoms with E-state index in [1.807, 2.05) is 0 Å². The summed E-state index contributed by atoms with van der Waals surface area (Å²) in [6, 6.07) is 11.6. The number of nitrogens with one attached hydrogen (secondary N) is 1. The van der Waals surface area contributed by atoms with Crippen molar-refractivity contribution < 1.29 is 0 Å². The Bertz CT molecular complexity index is 490. The Morgan fingerprint density at radius 1 is 1.10 bits per heavy atom. The zero-order valence-corrected chi connectivity index (χ0v) is 13.4. The van der Waals surface area contributed by atoms with E-state index in [9.17, 15) is 0 Å². The van der Waals surface area contributed by atoms with Crippen LogP contribution in [0, 0.1) is 6.92 Å². The molecule has 0 saturated carbocycles. The summed E-state index contributed by atoms with van der Waals surface area (Å²) in [5.74, 6) is 0. The average molecular weight is 287 g/mol. The van der Waals surface area contributed by atoms with Crippen molar-refractivity contribution in [3.05, 3.63) is 57.8 Å². The van der Waals surface area contributed by atoms with Crippen LogP contribution in [-0.4, -0.2) is 12.6 Å². The number of hydrogen-bond acceptors (Lipinski definition) is 2. The molecule has 2 rings (SSSR count). The normalized spacial score (nSPS) is 12.5. The van der Waals surface area contributed by atoms with Gasteiger partial charge in [-0.3, -0.25) is 0 Å². The van der Waals surface area contributed by atoms with Crippen LogP contribution in [0.3, 0.4) is 0 Å². The minimum absolute atomic E-state index is 0.625. The summed E-state index contributed by atoms with van der Waals surface area (Å²) in [5.41, 5.74) is 4.39. The molecule has 20 heavy (non-hydrogen) atoms. The molecule has 0 radical (unpaired) electrons. The topological polar surface area (TPSA) is 12.0 Å². The molecule has 0 amide bonds. The summed E-state index contributed by atoms with van der Waals surface area (Å²) >= 11 is 1.80. The molecule has 0 aliphatic rings. The third-order valence-corrected chi connectivity index (χ3v) is 4.61. The van der Waals surface area contributed by atoms with Crippen molar-refractivity contribution in [1.29, 1.82) is 0 Å². The molecule has 1 heterocycles. The first-order valence-corrected chi connectivity index (χ1v) is 8.53. The Balaban J connectivity index is 1.84. The smallest absolute Gasteiger partial charge is 0.00732 e. The number of hydrogen-bond donors (Lipinski definition) is 1. The van der Waals surface area contributed by atoms with Gasteiger partial charge in [0.05, 0.1) is 0 Å². The molecule has 2 aromatic rings. The van der Waals surface area contributed by atoms with Gasteiger partial charge in [0.1, 0.15) is 0 Å². The number of thiophene rings is 1. The van der Waals surface area contributed by atoms with Crippen molar-refractivity contribution in [2.75, 3.05) is 6.54 Å². The molecule has 1 aromatic heterocycles. The van der Waals surface area contributed by atoms with E-state index in [1.54, 1.807) is 11.3 Å². The molecular weight excluding hydrogens is 262 g/mol. The van der Waals surface area contributed by atoms with Crippen LogP contribution < -0.4 is 5.32 Å². The largest absolute Gasteiger partial charge is 0.314 e. The fourth-order valence-corrected chi connectivity index (χ4v) is 3.34. The van der Waals surface area contributed by atoms with E-state index in [0.717, 1.165) is 6.54 Å². The third-order valence-electron chi connectivity index (χ3n) is 3.88. The Labute approximate surface area is 127 Å². The van der Waals surface area contributed by atoms with Crippen LogP contribution in [0.15, 0.2) is 41.1 Å². The van der Waals surface area contributed by atoms with Gasteiger partial charge in [-0.2, -0.15) is 11.3 Å². The van der Waals surface area contributed by atoms with Crippen molar-refractivity contribution in [3.8, 4) is 0 Å². The Kier molecular flexibility index (Phi) is 6.28. The van der Waals surface area contributed by atoms with Crippen molar-refractivity contribution in [3.63, 3.8) is 0 Å². The van der Waals surface area contributed by atoms with Crippen molar-refractivity contribution >= 4 is 11.3 Å². The van der Waals surface area contributed by atoms with Gasteiger partial charge in [0.25, 0.3) is 0 Å². The van der Waals surface area contributed by atoms with Gasteiger partial charge in [0, 0.05) is 6.04 Å². The summed E-state index contributed by atoms with van der Waals surface area (Å²) in [6.45, 7) is 5.47. The maximum atomic E-state index is 3.64. The van der Waals surface area contributed by atoms with Crippen LogP contribution in [0.1, 0.15) is 36.5 Å². The molecule has 0 aliphatic heterocycles. The fourth-order valence-electron chi connectivity index (χ4n) is 2.63. The van der Waals surface area contributed by atoms with Crippen molar-refractivity contribution in [1.82, 2.24) is 5.32 Å². The number of benzene rings is 1. The molecule has 108 valence electrons. The van der Waals surface area contributed by atoms with Gasteiger partial charge < -0.3 is 5.32 Å².